The van der Waals surface area contributed by atoms with Crippen molar-refractivity contribution in [2.75, 3.05) is 6.54 Å². The van der Waals surface area contributed by atoms with Gasteiger partial charge in [0.2, 0.25) is 0 Å². The van der Waals surface area contributed by atoms with E-state index in [4.69, 9.17) is 5.73 Å². The third-order valence-corrected chi connectivity index (χ3v) is 6.44. The lowest BCUT2D eigenvalue weighted by molar-refractivity contribution is -0.0465. The van der Waals surface area contributed by atoms with Gasteiger partial charge >= 0.3 is 0 Å². The number of nitrogens with two attached hydrogens (primary N) is 1. The molecule has 0 aliphatic carbocycles. The molecule has 21 heavy (non-hydrogen) atoms. The highest BCUT2D eigenvalue weighted by atomic mass is 14.6. The molecule has 1 heteroatoms. The van der Waals surface area contributed by atoms with Crippen molar-refractivity contribution in [2.45, 2.75) is 93.9 Å². The van der Waals surface area contributed by atoms with Gasteiger partial charge in [-0.25, -0.2) is 0 Å². The van der Waals surface area contributed by atoms with Crippen molar-refractivity contribution >= 4 is 0 Å². The Morgan fingerprint density at radius 2 is 1.48 bits per heavy atom. The summed E-state index contributed by atoms with van der Waals surface area (Å²) in [6, 6.07) is 0. The maximum absolute atomic E-state index is 5.96. The molecular formula is C20H43N. The van der Waals surface area contributed by atoms with Gasteiger partial charge in [-0.2, -0.15) is 0 Å². The van der Waals surface area contributed by atoms with E-state index < -0.39 is 0 Å². The summed E-state index contributed by atoms with van der Waals surface area (Å²) >= 11 is 0. The zero-order chi connectivity index (χ0) is 16.7. The first-order chi connectivity index (χ1) is 9.73. The van der Waals surface area contributed by atoms with Gasteiger partial charge in [0.25, 0.3) is 0 Å². The van der Waals surface area contributed by atoms with Crippen LogP contribution < -0.4 is 5.73 Å². The Morgan fingerprint density at radius 1 is 0.905 bits per heavy atom. The number of hydrogen-bond acceptors (Lipinski definition) is 1. The van der Waals surface area contributed by atoms with Gasteiger partial charge in [-0.05, 0) is 54.4 Å². The molecule has 0 aliphatic heterocycles. The normalized spacial score (nSPS) is 18.6. The third-order valence-electron chi connectivity index (χ3n) is 6.44. The Hall–Kier alpha value is -0.0400. The Morgan fingerprint density at radius 3 is 1.81 bits per heavy atom. The molecule has 3 unspecified atom stereocenters. The summed E-state index contributed by atoms with van der Waals surface area (Å²) in [5.74, 6) is 2.37. The predicted molar refractivity (Wildman–Crippen MR) is 97.5 cm³/mol. The summed E-state index contributed by atoms with van der Waals surface area (Å²) in [7, 11) is 0. The lowest BCUT2D eigenvalue weighted by atomic mass is 9.51. The Bertz CT molecular complexity index is 269. The maximum Gasteiger partial charge on any atom is -0.00720 e. The largest absolute Gasteiger partial charge is 0.330 e. The van der Waals surface area contributed by atoms with Gasteiger partial charge in [0, 0.05) is 0 Å². The summed E-state index contributed by atoms with van der Waals surface area (Å²) in [6.45, 7) is 20.2. The standard InChI is InChI=1S/C20H43N/c1-9-12-18(16(4)5)17(6)20(11-3,13-10-2)19(7,8)14-15-21/h16-18H,9-15,21H2,1-8H3. The smallest absolute Gasteiger partial charge is 0.00720 e. The molecule has 0 aromatic carbocycles. The molecule has 0 saturated carbocycles. The highest BCUT2D eigenvalue weighted by Gasteiger charge is 2.48. The Kier molecular flexibility index (Phi) is 9.16. The molecule has 0 bridgehead atoms. The lowest BCUT2D eigenvalue weighted by Crippen LogP contribution is -2.47. The van der Waals surface area contributed by atoms with Crippen LogP contribution in [0.2, 0.25) is 0 Å². The van der Waals surface area contributed by atoms with Gasteiger partial charge < -0.3 is 5.73 Å². The van der Waals surface area contributed by atoms with E-state index >= 15 is 0 Å². The van der Waals surface area contributed by atoms with Crippen LogP contribution in [0, 0.1) is 28.6 Å². The van der Waals surface area contributed by atoms with Gasteiger partial charge in [-0.15, -0.1) is 0 Å². The molecule has 3 atom stereocenters. The molecule has 1 nitrogen and oxygen atoms in total. The van der Waals surface area contributed by atoms with Gasteiger partial charge in [-0.3, -0.25) is 0 Å². The van der Waals surface area contributed by atoms with E-state index in [2.05, 4.69) is 55.4 Å². The minimum atomic E-state index is 0.326. The minimum absolute atomic E-state index is 0.326. The Labute approximate surface area is 135 Å². The second kappa shape index (κ2) is 9.18. The first-order valence-corrected chi connectivity index (χ1v) is 9.44. The van der Waals surface area contributed by atoms with E-state index in [0.717, 1.165) is 30.7 Å². The number of rotatable bonds is 11. The van der Waals surface area contributed by atoms with Crippen LogP contribution in [0.25, 0.3) is 0 Å². The molecule has 0 fully saturated rings. The maximum atomic E-state index is 5.96. The minimum Gasteiger partial charge on any atom is -0.330 e. The molecule has 0 rings (SSSR count). The summed E-state index contributed by atoms with van der Waals surface area (Å²) < 4.78 is 0. The van der Waals surface area contributed by atoms with Gasteiger partial charge in [0.15, 0.2) is 0 Å². The molecule has 0 saturated heterocycles. The van der Waals surface area contributed by atoms with Crippen molar-refractivity contribution in [3.05, 3.63) is 0 Å². The fourth-order valence-corrected chi connectivity index (χ4v) is 5.12. The van der Waals surface area contributed by atoms with Crippen molar-refractivity contribution < 1.29 is 0 Å². The summed E-state index contributed by atoms with van der Waals surface area (Å²) in [6.07, 6.45) is 7.71. The molecule has 0 amide bonds. The lowest BCUT2D eigenvalue weighted by Gasteiger charge is -2.54. The van der Waals surface area contributed by atoms with Crippen molar-refractivity contribution in [3.8, 4) is 0 Å². The average Bonchev–Trinajstić information content (AvgIpc) is 2.40. The van der Waals surface area contributed by atoms with Crippen LogP contribution in [-0.2, 0) is 0 Å². The predicted octanol–water partition coefficient (Wildman–Crippen LogP) is 6.27. The second-order valence-electron chi connectivity index (χ2n) is 8.17. The molecule has 0 radical (unpaired) electrons. The van der Waals surface area contributed by atoms with Crippen LogP contribution in [0.1, 0.15) is 93.9 Å². The highest BCUT2D eigenvalue weighted by molar-refractivity contribution is 4.97. The van der Waals surface area contributed by atoms with Crippen LogP contribution >= 0.6 is 0 Å². The highest BCUT2D eigenvalue weighted by Crippen LogP contribution is 2.56. The van der Waals surface area contributed by atoms with Gasteiger partial charge in [0.05, 0.1) is 0 Å². The molecule has 2 N–H and O–H groups in total. The van der Waals surface area contributed by atoms with E-state index in [1.807, 2.05) is 0 Å². The van der Waals surface area contributed by atoms with E-state index in [0.29, 0.717) is 10.8 Å². The SMILES string of the molecule is CCCC(C(C)C)C(C)C(CC)(CCC)C(C)(C)CCN. The molecule has 0 aliphatic rings. The zero-order valence-electron chi connectivity index (χ0n) is 16.3. The van der Waals surface area contributed by atoms with Crippen LogP contribution in [0.5, 0.6) is 0 Å². The van der Waals surface area contributed by atoms with Crippen LogP contribution in [0.4, 0.5) is 0 Å². The van der Waals surface area contributed by atoms with Crippen molar-refractivity contribution in [1.82, 2.24) is 0 Å². The first kappa shape index (κ1) is 21.0. The molecule has 0 spiro atoms. The van der Waals surface area contributed by atoms with Crippen LogP contribution in [-0.4, -0.2) is 6.54 Å². The van der Waals surface area contributed by atoms with Crippen molar-refractivity contribution in [3.63, 3.8) is 0 Å². The molecule has 128 valence electrons. The quantitative estimate of drug-likeness (QED) is 0.478. The second-order valence-corrected chi connectivity index (χ2v) is 8.17. The monoisotopic (exact) mass is 297 g/mol. The summed E-state index contributed by atoms with van der Waals surface area (Å²) in [5.41, 5.74) is 6.70. The molecule has 0 aromatic rings. The fourth-order valence-electron chi connectivity index (χ4n) is 5.12. The van der Waals surface area contributed by atoms with E-state index in [9.17, 15) is 0 Å². The number of hydrogen-bond donors (Lipinski definition) is 1. The van der Waals surface area contributed by atoms with Crippen molar-refractivity contribution in [1.29, 1.82) is 0 Å². The Balaban J connectivity index is 5.65. The van der Waals surface area contributed by atoms with Crippen molar-refractivity contribution in [2.24, 2.45) is 34.3 Å². The fraction of sp³-hybridized carbons (Fsp3) is 1.00. The van der Waals surface area contributed by atoms with Gasteiger partial charge in [-0.1, -0.05) is 74.7 Å². The van der Waals surface area contributed by atoms with E-state index in [1.54, 1.807) is 0 Å². The summed E-state index contributed by atoms with van der Waals surface area (Å²) in [5, 5.41) is 0. The van der Waals surface area contributed by atoms with Crippen LogP contribution in [0.3, 0.4) is 0 Å². The molecular weight excluding hydrogens is 254 g/mol. The molecule has 0 heterocycles. The van der Waals surface area contributed by atoms with Crippen LogP contribution in [0.15, 0.2) is 0 Å². The van der Waals surface area contributed by atoms with E-state index in [1.165, 1.54) is 32.1 Å². The zero-order valence-corrected chi connectivity index (χ0v) is 16.3. The average molecular weight is 298 g/mol. The third kappa shape index (κ3) is 4.71. The summed E-state index contributed by atoms with van der Waals surface area (Å²) in [4.78, 5) is 0. The first-order valence-electron chi connectivity index (χ1n) is 9.44. The van der Waals surface area contributed by atoms with E-state index in [-0.39, 0.29) is 0 Å². The molecule has 0 aromatic heterocycles. The van der Waals surface area contributed by atoms with Gasteiger partial charge in [0.1, 0.15) is 0 Å². The topological polar surface area (TPSA) is 26.0 Å².